The summed E-state index contributed by atoms with van der Waals surface area (Å²) in [6.45, 7) is 0.131. The SMILES string of the molecule is COc1ccccc1NC(=O)Nc1cnn(CC(=O)NC2CC2)c1. The van der Waals surface area contributed by atoms with E-state index in [1.807, 2.05) is 6.07 Å². The third kappa shape index (κ3) is 4.25. The lowest BCUT2D eigenvalue weighted by molar-refractivity contribution is -0.122. The fourth-order valence-corrected chi connectivity index (χ4v) is 2.20. The largest absolute Gasteiger partial charge is 0.495 e. The van der Waals surface area contributed by atoms with Crippen LogP contribution in [0.2, 0.25) is 0 Å². The monoisotopic (exact) mass is 329 g/mol. The highest BCUT2D eigenvalue weighted by molar-refractivity contribution is 6.00. The van der Waals surface area contributed by atoms with E-state index < -0.39 is 6.03 Å². The zero-order valence-electron chi connectivity index (χ0n) is 13.3. The van der Waals surface area contributed by atoms with Crippen LogP contribution in [0.3, 0.4) is 0 Å². The van der Waals surface area contributed by atoms with Gasteiger partial charge in [0.15, 0.2) is 0 Å². The number of ether oxygens (including phenoxy) is 1. The Morgan fingerprint density at radius 2 is 2.08 bits per heavy atom. The molecule has 0 radical (unpaired) electrons. The Balaban J connectivity index is 1.53. The van der Waals surface area contributed by atoms with Crippen LogP contribution in [0.5, 0.6) is 5.75 Å². The molecule has 126 valence electrons. The fourth-order valence-electron chi connectivity index (χ4n) is 2.20. The lowest BCUT2D eigenvalue weighted by Crippen LogP contribution is -2.29. The van der Waals surface area contributed by atoms with E-state index in [9.17, 15) is 9.59 Å². The first kappa shape index (κ1) is 15.9. The Morgan fingerprint density at radius 1 is 1.29 bits per heavy atom. The Hall–Kier alpha value is -3.03. The van der Waals surface area contributed by atoms with Gasteiger partial charge in [-0.15, -0.1) is 0 Å². The number of aromatic nitrogens is 2. The first-order valence-electron chi connectivity index (χ1n) is 7.67. The molecule has 1 aliphatic carbocycles. The topological polar surface area (TPSA) is 97.3 Å². The minimum absolute atomic E-state index is 0.0781. The van der Waals surface area contributed by atoms with E-state index in [1.165, 1.54) is 18.0 Å². The van der Waals surface area contributed by atoms with Crippen LogP contribution >= 0.6 is 0 Å². The van der Waals surface area contributed by atoms with Gasteiger partial charge >= 0.3 is 6.03 Å². The zero-order chi connectivity index (χ0) is 16.9. The first-order chi connectivity index (χ1) is 11.6. The highest BCUT2D eigenvalue weighted by Crippen LogP contribution is 2.23. The van der Waals surface area contributed by atoms with Gasteiger partial charge in [0.25, 0.3) is 0 Å². The van der Waals surface area contributed by atoms with Crippen LogP contribution in [0.1, 0.15) is 12.8 Å². The summed E-state index contributed by atoms with van der Waals surface area (Å²) < 4.78 is 6.66. The van der Waals surface area contributed by atoms with Gasteiger partial charge in [-0.05, 0) is 25.0 Å². The molecule has 2 aromatic rings. The summed E-state index contributed by atoms with van der Waals surface area (Å²) in [6, 6.07) is 7.02. The molecule has 1 aromatic heterocycles. The van der Waals surface area contributed by atoms with Gasteiger partial charge in [0, 0.05) is 12.2 Å². The summed E-state index contributed by atoms with van der Waals surface area (Å²) in [5.41, 5.74) is 1.07. The fraction of sp³-hybridized carbons (Fsp3) is 0.312. The van der Waals surface area contributed by atoms with Crippen molar-refractivity contribution >= 4 is 23.3 Å². The molecule has 0 bridgehead atoms. The molecule has 1 aromatic carbocycles. The average Bonchev–Trinajstić information content (AvgIpc) is 3.26. The molecule has 3 amide bonds. The number of hydrogen-bond acceptors (Lipinski definition) is 4. The molecule has 8 heteroatoms. The highest BCUT2D eigenvalue weighted by Gasteiger charge is 2.23. The van der Waals surface area contributed by atoms with Gasteiger partial charge in [-0.1, -0.05) is 12.1 Å². The predicted octanol–water partition coefficient (Wildman–Crippen LogP) is 1.81. The van der Waals surface area contributed by atoms with Crippen LogP contribution in [0.15, 0.2) is 36.7 Å². The van der Waals surface area contributed by atoms with Crippen LogP contribution in [-0.2, 0) is 11.3 Å². The summed E-state index contributed by atoms with van der Waals surface area (Å²) in [5, 5.41) is 12.3. The molecule has 0 spiro atoms. The molecule has 3 N–H and O–H groups in total. The van der Waals surface area contributed by atoms with Crippen LogP contribution in [0.4, 0.5) is 16.2 Å². The Morgan fingerprint density at radius 3 is 2.83 bits per heavy atom. The van der Waals surface area contributed by atoms with Crippen molar-refractivity contribution in [3.63, 3.8) is 0 Å². The van der Waals surface area contributed by atoms with Gasteiger partial charge in [-0.2, -0.15) is 5.10 Å². The number of benzene rings is 1. The summed E-state index contributed by atoms with van der Waals surface area (Å²) >= 11 is 0. The van der Waals surface area contributed by atoms with Crippen LogP contribution in [0, 0.1) is 0 Å². The maximum absolute atomic E-state index is 12.0. The van der Waals surface area contributed by atoms with Crippen LogP contribution < -0.4 is 20.7 Å². The molecule has 24 heavy (non-hydrogen) atoms. The minimum Gasteiger partial charge on any atom is -0.495 e. The average molecular weight is 329 g/mol. The third-order valence-electron chi connectivity index (χ3n) is 3.49. The standard InChI is InChI=1S/C16H19N5O3/c1-24-14-5-3-2-4-13(14)20-16(23)19-12-8-17-21(9-12)10-15(22)18-11-6-7-11/h2-5,8-9,11H,6-7,10H2,1H3,(H,18,22)(H2,19,20,23). The minimum atomic E-state index is -0.415. The number of nitrogens with one attached hydrogen (secondary N) is 3. The van der Waals surface area contributed by atoms with Crippen molar-refractivity contribution in [2.75, 3.05) is 17.7 Å². The molecule has 1 heterocycles. The van der Waals surface area contributed by atoms with Gasteiger partial charge in [0.1, 0.15) is 12.3 Å². The molecule has 8 nitrogen and oxygen atoms in total. The number of carbonyl (C=O) groups is 2. The number of urea groups is 1. The number of nitrogens with zero attached hydrogens (tertiary/aromatic N) is 2. The second kappa shape index (κ2) is 7.03. The lowest BCUT2D eigenvalue weighted by Gasteiger charge is -2.09. The van der Waals surface area contributed by atoms with Gasteiger partial charge in [0.05, 0.1) is 24.7 Å². The van der Waals surface area contributed by atoms with Crippen molar-refractivity contribution in [2.24, 2.45) is 0 Å². The summed E-state index contributed by atoms with van der Waals surface area (Å²) in [7, 11) is 1.54. The van der Waals surface area contributed by atoms with E-state index in [0.29, 0.717) is 23.2 Å². The molecule has 1 saturated carbocycles. The number of anilines is 2. The third-order valence-corrected chi connectivity index (χ3v) is 3.49. The van der Waals surface area contributed by atoms with Crippen molar-refractivity contribution in [3.8, 4) is 5.75 Å². The van der Waals surface area contributed by atoms with Crippen LogP contribution in [0.25, 0.3) is 0 Å². The van der Waals surface area contributed by atoms with Crippen molar-refractivity contribution < 1.29 is 14.3 Å². The zero-order valence-corrected chi connectivity index (χ0v) is 13.3. The van der Waals surface area contributed by atoms with E-state index >= 15 is 0 Å². The number of hydrogen-bond donors (Lipinski definition) is 3. The molecule has 3 rings (SSSR count). The molecule has 0 unspecified atom stereocenters. The van der Waals surface area contributed by atoms with Crippen molar-refractivity contribution in [1.29, 1.82) is 0 Å². The van der Waals surface area contributed by atoms with E-state index in [-0.39, 0.29) is 12.5 Å². The quantitative estimate of drug-likeness (QED) is 0.753. The number of rotatable bonds is 6. The normalized spacial score (nSPS) is 13.2. The van der Waals surface area contributed by atoms with Gasteiger partial charge < -0.3 is 20.7 Å². The maximum Gasteiger partial charge on any atom is 0.323 e. The van der Waals surface area contributed by atoms with E-state index in [1.54, 1.807) is 24.4 Å². The van der Waals surface area contributed by atoms with E-state index in [0.717, 1.165) is 12.8 Å². The highest BCUT2D eigenvalue weighted by atomic mass is 16.5. The van der Waals surface area contributed by atoms with E-state index in [4.69, 9.17) is 4.74 Å². The van der Waals surface area contributed by atoms with Crippen molar-refractivity contribution in [3.05, 3.63) is 36.7 Å². The van der Waals surface area contributed by atoms with Crippen molar-refractivity contribution in [1.82, 2.24) is 15.1 Å². The summed E-state index contributed by atoms with van der Waals surface area (Å²) in [5.74, 6) is 0.491. The molecular weight excluding hydrogens is 310 g/mol. The van der Waals surface area contributed by atoms with Crippen LogP contribution in [-0.4, -0.2) is 34.9 Å². The molecule has 0 aliphatic heterocycles. The molecule has 0 saturated heterocycles. The van der Waals surface area contributed by atoms with Gasteiger partial charge in [-0.25, -0.2) is 4.79 Å². The summed E-state index contributed by atoms with van der Waals surface area (Å²) in [6.07, 6.45) is 5.18. The first-order valence-corrected chi connectivity index (χ1v) is 7.67. The smallest absolute Gasteiger partial charge is 0.323 e. The molecule has 0 atom stereocenters. The number of para-hydroxylation sites is 2. The van der Waals surface area contributed by atoms with Gasteiger partial charge in [-0.3, -0.25) is 9.48 Å². The lowest BCUT2D eigenvalue weighted by atomic mass is 10.3. The summed E-state index contributed by atoms with van der Waals surface area (Å²) in [4.78, 5) is 23.8. The number of methoxy groups -OCH3 is 1. The molecule has 1 fully saturated rings. The molecular formula is C16H19N5O3. The number of carbonyl (C=O) groups excluding carboxylic acids is 2. The van der Waals surface area contributed by atoms with Gasteiger partial charge in [0.2, 0.25) is 5.91 Å². The van der Waals surface area contributed by atoms with E-state index in [2.05, 4.69) is 21.0 Å². The second-order valence-electron chi connectivity index (χ2n) is 5.55. The predicted molar refractivity (Wildman–Crippen MR) is 89.0 cm³/mol. The Labute approximate surface area is 139 Å². The van der Waals surface area contributed by atoms with Crippen molar-refractivity contribution in [2.45, 2.75) is 25.4 Å². The molecule has 1 aliphatic rings. The number of amides is 3. The maximum atomic E-state index is 12.0. The second-order valence-corrected chi connectivity index (χ2v) is 5.55. The Bertz CT molecular complexity index is 739. The Kier molecular flexibility index (Phi) is 4.64.